The fourth-order valence-electron chi connectivity index (χ4n) is 4.04. The molecule has 4 rings (SSSR count). The summed E-state index contributed by atoms with van der Waals surface area (Å²) in [6, 6.07) is 8.19. The van der Waals surface area contributed by atoms with Gasteiger partial charge < -0.3 is 9.29 Å². The molecule has 0 spiro atoms. The van der Waals surface area contributed by atoms with E-state index in [-0.39, 0.29) is 65.7 Å². The van der Waals surface area contributed by atoms with Crippen LogP contribution in [0, 0.1) is 5.92 Å². The van der Waals surface area contributed by atoms with Crippen LogP contribution in [-0.2, 0) is 44.5 Å². The van der Waals surface area contributed by atoms with Crippen LogP contribution < -0.4 is 4.74 Å². The largest absolute Gasteiger partial charge is 0.485 e. The van der Waals surface area contributed by atoms with Crippen molar-refractivity contribution in [3.05, 3.63) is 36.4 Å². The Balaban J connectivity index is 2.24. The highest BCUT2D eigenvalue weighted by Gasteiger charge is 2.28. The lowest BCUT2D eigenvalue weighted by Gasteiger charge is -2.19. The molecule has 4 aromatic carbocycles. The molecule has 0 aliphatic carbocycles. The third-order valence-electron chi connectivity index (χ3n) is 5.93. The molecular formula is C23H22O10S3. The maximum Gasteiger partial charge on any atom is 0.297 e. The molecule has 192 valence electrons. The fraction of sp³-hybridized carbons (Fsp3) is 0.261. The summed E-state index contributed by atoms with van der Waals surface area (Å²) in [5, 5.41) is 1.40. The van der Waals surface area contributed by atoms with Crippen LogP contribution in [-0.4, -0.2) is 52.2 Å². The molecule has 1 atom stereocenters. The Bertz CT molecular complexity index is 1760. The Labute approximate surface area is 210 Å². The quantitative estimate of drug-likeness (QED) is 0.185. The second-order valence-corrected chi connectivity index (χ2v) is 12.5. The number of hydrogen-bond acceptors (Lipinski definition) is 9. The standard InChI is InChI=1S/C23H22O10S3/c1-12(2)17(24)11-33-18-9-20(35(27,28)31-3)15-8-6-14-19(34(25)26)10-21(36(29,30)32-4)16-7-5-13(18)22(15)23(14)16/h5-10,12H,11H2,1-4H3,(H,25,26). The van der Waals surface area contributed by atoms with Gasteiger partial charge in [0.25, 0.3) is 20.2 Å². The molecule has 0 heterocycles. The molecule has 0 aromatic heterocycles. The summed E-state index contributed by atoms with van der Waals surface area (Å²) in [4.78, 5) is 11.4. The van der Waals surface area contributed by atoms with E-state index in [1.54, 1.807) is 13.8 Å². The van der Waals surface area contributed by atoms with Gasteiger partial charge in [-0.15, -0.1) is 0 Å². The fourth-order valence-corrected chi connectivity index (χ4v) is 6.44. The van der Waals surface area contributed by atoms with E-state index in [0.29, 0.717) is 5.39 Å². The number of carbonyl (C=O) groups excluding carboxylic acids is 1. The third-order valence-corrected chi connectivity index (χ3v) is 9.27. The number of hydrogen-bond donors (Lipinski definition) is 1. The molecule has 1 N–H and O–H groups in total. The number of ketones is 1. The van der Waals surface area contributed by atoms with E-state index < -0.39 is 31.3 Å². The minimum Gasteiger partial charge on any atom is -0.485 e. The Morgan fingerprint density at radius 3 is 1.83 bits per heavy atom. The van der Waals surface area contributed by atoms with Crippen LogP contribution in [0.3, 0.4) is 0 Å². The van der Waals surface area contributed by atoms with Gasteiger partial charge in [0.2, 0.25) is 0 Å². The zero-order chi connectivity index (χ0) is 26.6. The maximum absolute atomic E-state index is 12.8. The molecule has 0 bridgehead atoms. The van der Waals surface area contributed by atoms with Crippen LogP contribution in [0.4, 0.5) is 0 Å². The second kappa shape index (κ2) is 9.32. The van der Waals surface area contributed by atoms with Gasteiger partial charge in [-0.1, -0.05) is 32.0 Å². The van der Waals surface area contributed by atoms with Crippen molar-refractivity contribution >= 4 is 69.4 Å². The first kappa shape index (κ1) is 26.4. The zero-order valence-corrected chi connectivity index (χ0v) is 22.0. The van der Waals surface area contributed by atoms with Crippen LogP contribution in [0.15, 0.2) is 51.1 Å². The molecule has 0 saturated carbocycles. The number of carbonyl (C=O) groups is 1. The Kier molecular flexibility index (Phi) is 6.83. The molecule has 0 aliphatic heterocycles. The minimum absolute atomic E-state index is 0.0493. The lowest BCUT2D eigenvalue weighted by atomic mass is 9.93. The number of benzene rings is 4. The van der Waals surface area contributed by atoms with Crippen molar-refractivity contribution in [2.24, 2.45) is 5.92 Å². The van der Waals surface area contributed by atoms with Gasteiger partial charge in [0, 0.05) is 44.3 Å². The monoisotopic (exact) mass is 554 g/mol. The normalized spacial score (nSPS) is 13.7. The SMILES string of the molecule is COS(=O)(=O)c1cc(OCC(=O)C(C)C)c2ccc3c(S(=O)(=O)OC)cc(S(=O)O)c4ccc1c2c43. The predicted molar refractivity (Wildman–Crippen MR) is 133 cm³/mol. The summed E-state index contributed by atoms with van der Waals surface area (Å²) in [5.74, 6) is -0.493. The third kappa shape index (κ3) is 4.25. The van der Waals surface area contributed by atoms with E-state index in [4.69, 9.17) is 8.92 Å². The summed E-state index contributed by atoms with van der Waals surface area (Å²) in [5.41, 5.74) is 0. The topological polar surface area (TPSA) is 150 Å². The van der Waals surface area contributed by atoms with Gasteiger partial charge in [-0.05, 0) is 12.1 Å². The van der Waals surface area contributed by atoms with E-state index in [1.165, 1.54) is 30.3 Å². The number of rotatable bonds is 9. The molecule has 1 unspecified atom stereocenters. The average molecular weight is 555 g/mol. The summed E-state index contributed by atoms with van der Waals surface area (Å²) >= 11 is -2.59. The molecular weight excluding hydrogens is 532 g/mol. The Morgan fingerprint density at radius 2 is 1.33 bits per heavy atom. The molecule has 0 radical (unpaired) electrons. The molecule has 0 saturated heterocycles. The van der Waals surface area contributed by atoms with Crippen LogP contribution in [0.2, 0.25) is 0 Å². The van der Waals surface area contributed by atoms with Crippen LogP contribution in [0.25, 0.3) is 32.3 Å². The highest BCUT2D eigenvalue weighted by molar-refractivity contribution is 7.87. The first-order valence-corrected chi connectivity index (χ1v) is 14.4. The first-order chi connectivity index (χ1) is 16.8. The summed E-state index contributed by atoms with van der Waals surface area (Å²) in [7, 11) is -6.66. The molecule has 10 nitrogen and oxygen atoms in total. The van der Waals surface area contributed by atoms with Crippen molar-refractivity contribution in [1.29, 1.82) is 0 Å². The van der Waals surface area contributed by atoms with Gasteiger partial charge in [-0.3, -0.25) is 13.2 Å². The van der Waals surface area contributed by atoms with Gasteiger partial charge in [-0.25, -0.2) is 4.21 Å². The van der Waals surface area contributed by atoms with Crippen LogP contribution in [0.5, 0.6) is 5.75 Å². The van der Waals surface area contributed by atoms with Crippen LogP contribution in [0.1, 0.15) is 13.8 Å². The van der Waals surface area contributed by atoms with Crippen molar-refractivity contribution in [3.63, 3.8) is 0 Å². The lowest BCUT2D eigenvalue weighted by Crippen LogP contribution is -2.17. The van der Waals surface area contributed by atoms with E-state index in [1.807, 2.05) is 0 Å². The smallest absolute Gasteiger partial charge is 0.297 e. The van der Waals surface area contributed by atoms with Crippen molar-refractivity contribution in [3.8, 4) is 5.75 Å². The molecule has 36 heavy (non-hydrogen) atoms. The maximum atomic E-state index is 12.8. The van der Waals surface area contributed by atoms with Gasteiger partial charge in [0.1, 0.15) is 22.1 Å². The van der Waals surface area contributed by atoms with E-state index >= 15 is 0 Å². The van der Waals surface area contributed by atoms with Crippen molar-refractivity contribution in [1.82, 2.24) is 0 Å². The summed E-state index contributed by atoms with van der Waals surface area (Å²) in [6.45, 7) is 3.07. The minimum atomic E-state index is -4.33. The summed E-state index contributed by atoms with van der Waals surface area (Å²) < 4.78 is 88.4. The number of Topliss-reactive ketones (excluding diaryl/α,β-unsaturated/α-hetero) is 1. The van der Waals surface area contributed by atoms with Gasteiger partial charge in [0.05, 0.1) is 19.1 Å². The van der Waals surface area contributed by atoms with Crippen molar-refractivity contribution in [2.75, 3.05) is 20.8 Å². The molecule has 0 amide bonds. The van der Waals surface area contributed by atoms with Crippen LogP contribution >= 0.6 is 0 Å². The highest BCUT2D eigenvalue weighted by atomic mass is 32.2. The first-order valence-electron chi connectivity index (χ1n) is 10.5. The Hall–Kier alpha value is -2.68. The van der Waals surface area contributed by atoms with Crippen molar-refractivity contribution in [2.45, 2.75) is 28.5 Å². The highest BCUT2D eigenvalue weighted by Crippen LogP contribution is 2.45. The second-order valence-electron chi connectivity index (χ2n) is 8.22. The van der Waals surface area contributed by atoms with E-state index in [2.05, 4.69) is 4.18 Å². The Morgan fingerprint density at radius 1 is 0.861 bits per heavy atom. The zero-order valence-electron chi connectivity index (χ0n) is 19.6. The predicted octanol–water partition coefficient (Wildman–Crippen LogP) is 3.44. The molecule has 0 aliphatic rings. The van der Waals surface area contributed by atoms with E-state index in [0.717, 1.165) is 20.3 Å². The van der Waals surface area contributed by atoms with E-state index in [9.17, 15) is 30.4 Å². The summed E-state index contributed by atoms with van der Waals surface area (Å²) in [6.07, 6.45) is 0. The lowest BCUT2D eigenvalue weighted by molar-refractivity contribution is -0.123. The average Bonchev–Trinajstić information content (AvgIpc) is 2.84. The van der Waals surface area contributed by atoms with Gasteiger partial charge in [0.15, 0.2) is 16.9 Å². The number of ether oxygens (including phenoxy) is 1. The molecule has 0 fully saturated rings. The van der Waals surface area contributed by atoms with Gasteiger partial charge >= 0.3 is 0 Å². The molecule has 13 heteroatoms. The van der Waals surface area contributed by atoms with Crippen molar-refractivity contribution < 1.29 is 43.5 Å². The molecule has 4 aromatic rings. The van der Waals surface area contributed by atoms with Gasteiger partial charge in [-0.2, -0.15) is 16.8 Å².